The number of nitrogens with zero attached hydrogens (tertiary/aromatic N) is 1. The predicted octanol–water partition coefficient (Wildman–Crippen LogP) is 2.02. The number of hydrogen-bond donors (Lipinski definition) is 1. The van der Waals surface area contributed by atoms with E-state index in [1.807, 2.05) is 7.05 Å². The molecular weight excluding hydrogens is 212 g/mol. The van der Waals surface area contributed by atoms with Gasteiger partial charge in [0.25, 0.3) is 0 Å². The second kappa shape index (κ2) is 5.38. The molecule has 1 amide bonds. The van der Waals surface area contributed by atoms with Gasteiger partial charge in [0, 0.05) is 18.5 Å². The third-order valence-electron chi connectivity index (χ3n) is 4.84. The summed E-state index contributed by atoms with van der Waals surface area (Å²) in [6.07, 6.45) is 6.87. The van der Waals surface area contributed by atoms with Crippen molar-refractivity contribution in [3.8, 4) is 0 Å². The van der Waals surface area contributed by atoms with Gasteiger partial charge in [-0.25, -0.2) is 0 Å². The first-order valence-corrected chi connectivity index (χ1v) is 7.16. The monoisotopic (exact) mass is 238 g/mol. The van der Waals surface area contributed by atoms with E-state index in [1.54, 1.807) is 0 Å². The highest BCUT2D eigenvalue weighted by atomic mass is 16.2. The van der Waals surface area contributed by atoms with Gasteiger partial charge in [0.15, 0.2) is 0 Å². The zero-order valence-corrected chi connectivity index (χ0v) is 11.3. The van der Waals surface area contributed by atoms with E-state index in [1.165, 1.54) is 19.3 Å². The van der Waals surface area contributed by atoms with E-state index in [9.17, 15) is 4.79 Å². The molecule has 1 aliphatic carbocycles. The summed E-state index contributed by atoms with van der Waals surface area (Å²) in [6, 6.07) is 0. The molecule has 17 heavy (non-hydrogen) atoms. The molecule has 3 nitrogen and oxygen atoms in total. The molecule has 1 N–H and O–H groups in total. The van der Waals surface area contributed by atoms with Crippen molar-refractivity contribution < 1.29 is 4.79 Å². The molecule has 1 heterocycles. The van der Waals surface area contributed by atoms with Gasteiger partial charge in [-0.15, -0.1) is 0 Å². The molecule has 98 valence electrons. The number of piperidine rings is 1. The van der Waals surface area contributed by atoms with Gasteiger partial charge in [0.1, 0.15) is 0 Å². The van der Waals surface area contributed by atoms with Crippen LogP contribution in [0.5, 0.6) is 0 Å². The maximum atomic E-state index is 12.5. The van der Waals surface area contributed by atoms with Crippen LogP contribution in [0.25, 0.3) is 0 Å². The van der Waals surface area contributed by atoms with Crippen LogP contribution in [0.3, 0.4) is 0 Å². The Morgan fingerprint density at radius 1 is 1.35 bits per heavy atom. The normalized spacial score (nSPS) is 24.5. The molecule has 2 aliphatic rings. The van der Waals surface area contributed by atoms with E-state index in [4.69, 9.17) is 0 Å². The average Bonchev–Trinajstić information content (AvgIpc) is 2.29. The first-order chi connectivity index (χ1) is 8.22. The zero-order valence-electron chi connectivity index (χ0n) is 11.3. The molecule has 1 aliphatic heterocycles. The maximum absolute atomic E-state index is 12.5. The summed E-state index contributed by atoms with van der Waals surface area (Å²) in [7, 11) is 2.01. The van der Waals surface area contributed by atoms with E-state index >= 15 is 0 Å². The summed E-state index contributed by atoms with van der Waals surface area (Å²) < 4.78 is 0. The first kappa shape index (κ1) is 12.9. The van der Waals surface area contributed by atoms with E-state index < -0.39 is 0 Å². The molecule has 0 aromatic heterocycles. The smallest absolute Gasteiger partial charge is 0.228 e. The summed E-state index contributed by atoms with van der Waals surface area (Å²) in [5, 5.41) is 3.24. The molecule has 0 spiro atoms. The third-order valence-corrected chi connectivity index (χ3v) is 4.84. The number of rotatable bonds is 4. The quantitative estimate of drug-likeness (QED) is 0.812. The van der Waals surface area contributed by atoms with E-state index in [0.29, 0.717) is 5.91 Å². The van der Waals surface area contributed by atoms with E-state index in [2.05, 4.69) is 17.1 Å². The van der Waals surface area contributed by atoms with Gasteiger partial charge in [-0.05, 0) is 51.6 Å². The lowest BCUT2D eigenvalue weighted by Crippen LogP contribution is -2.50. The van der Waals surface area contributed by atoms with Crippen molar-refractivity contribution in [3.63, 3.8) is 0 Å². The van der Waals surface area contributed by atoms with Crippen molar-refractivity contribution in [2.75, 3.05) is 26.7 Å². The molecule has 0 aromatic carbocycles. The largest absolute Gasteiger partial charge is 0.342 e. The summed E-state index contributed by atoms with van der Waals surface area (Å²) in [5.74, 6) is 1.22. The molecule has 0 atom stereocenters. The second-order valence-electron chi connectivity index (χ2n) is 5.78. The number of likely N-dealkylation sites (tertiary alicyclic amines) is 1. The van der Waals surface area contributed by atoms with Gasteiger partial charge in [0.05, 0.1) is 0 Å². The maximum Gasteiger partial charge on any atom is 0.228 e. The molecule has 0 aromatic rings. The summed E-state index contributed by atoms with van der Waals surface area (Å²) in [6.45, 7) is 5.23. The van der Waals surface area contributed by atoms with Crippen LogP contribution >= 0.6 is 0 Å². The Hall–Kier alpha value is -0.570. The third kappa shape index (κ3) is 2.49. The highest BCUT2D eigenvalue weighted by Crippen LogP contribution is 2.45. The van der Waals surface area contributed by atoms with Crippen molar-refractivity contribution in [1.82, 2.24) is 10.2 Å². The van der Waals surface area contributed by atoms with Crippen LogP contribution in [0.15, 0.2) is 0 Å². The minimum Gasteiger partial charge on any atom is -0.342 e. The van der Waals surface area contributed by atoms with Crippen molar-refractivity contribution in [2.24, 2.45) is 11.3 Å². The zero-order chi connectivity index (χ0) is 12.3. The molecule has 0 radical (unpaired) electrons. The Balaban J connectivity index is 1.86. The van der Waals surface area contributed by atoms with Crippen LogP contribution in [-0.4, -0.2) is 37.5 Å². The second-order valence-corrected chi connectivity index (χ2v) is 5.78. The van der Waals surface area contributed by atoms with Gasteiger partial charge >= 0.3 is 0 Å². The minimum atomic E-state index is 0.0375. The van der Waals surface area contributed by atoms with Gasteiger partial charge in [-0.3, -0.25) is 4.79 Å². The number of carbonyl (C=O) groups excluding carboxylic acids is 1. The molecule has 1 saturated heterocycles. The fraction of sp³-hybridized carbons (Fsp3) is 0.929. The molecule has 2 fully saturated rings. The fourth-order valence-electron chi connectivity index (χ4n) is 3.29. The van der Waals surface area contributed by atoms with Crippen molar-refractivity contribution in [3.05, 3.63) is 0 Å². The highest BCUT2D eigenvalue weighted by Gasteiger charge is 2.44. The molecule has 2 rings (SSSR count). The molecule has 1 saturated carbocycles. The molecule has 3 heteroatoms. The van der Waals surface area contributed by atoms with E-state index in [0.717, 1.165) is 44.8 Å². The topological polar surface area (TPSA) is 32.3 Å². The van der Waals surface area contributed by atoms with Crippen LogP contribution in [0, 0.1) is 11.3 Å². The lowest BCUT2D eigenvalue weighted by atomic mass is 9.66. The number of hydrogen-bond acceptors (Lipinski definition) is 2. The lowest BCUT2D eigenvalue weighted by molar-refractivity contribution is -0.149. The molecule has 0 bridgehead atoms. The predicted molar refractivity (Wildman–Crippen MR) is 69.8 cm³/mol. The van der Waals surface area contributed by atoms with Crippen molar-refractivity contribution in [2.45, 2.75) is 45.4 Å². The van der Waals surface area contributed by atoms with Gasteiger partial charge in [-0.1, -0.05) is 13.3 Å². The Kier molecular flexibility index (Phi) is 4.08. The molecule has 0 unspecified atom stereocenters. The van der Waals surface area contributed by atoms with Crippen LogP contribution < -0.4 is 5.32 Å². The standard InChI is InChI=1S/C14H26N2O/c1-3-14(7-4-8-14)13(17)16-9-5-12(6-10-16)11-15-2/h12,15H,3-11H2,1-2H3. The average molecular weight is 238 g/mol. The highest BCUT2D eigenvalue weighted by molar-refractivity contribution is 5.83. The summed E-state index contributed by atoms with van der Waals surface area (Å²) in [4.78, 5) is 14.6. The van der Waals surface area contributed by atoms with Gasteiger partial charge in [-0.2, -0.15) is 0 Å². The van der Waals surface area contributed by atoms with E-state index in [-0.39, 0.29) is 5.41 Å². The van der Waals surface area contributed by atoms with Crippen LogP contribution in [0.1, 0.15) is 45.4 Å². The number of carbonyl (C=O) groups is 1. The summed E-state index contributed by atoms with van der Waals surface area (Å²) in [5.41, 5.74) is 0.0375. The lowest BCUT2D eigenvalue weighted by Gasteiger charge is -2.44. The SMILES string of the molecule is CCC1(C(=O)N2CCC(CNC)CC2)CCC1. The minimum absolute atomic E-state index is 0.0375. The van der Waals surface area contributed by atoms with Crippen LogP contribution in [0.4, 0.5) is 0 Å². The molecular formula is C14H26N2O. The number of nitrogens with one attached hydrogen (secondary N) is 1. The number of amides is 1. The Labute approximate surface area is 105 Å². The van der Waals surface area contributed by atoms with Crippen LogP contribution in [-0.2, 0) is 4.79 Å². The fourth-order valence-corrected chi connectivity index (χ4v) is 3.29. The van der Waals surface area contributed by atoms with Crippen LogP contribution in [0.2, 0.25) is 0 Å². The first-order valence-electron chi connectivity index (χ1n) is 7.16. The van der Waals surface area contributed by atoms with Crippen molar-refractivity contribution >= 4 is 5.91 Å². The van der Waals surface area contributed by atoms with Gasteiger partial charge < -0.3 is 10.2 Å². The Morgan fingerprint density at radius 2 is 2.00 bits per heavy atom. The Morgan fingerprint density at radius 3 is 2.41 bits per heavy atom. The summed E-state index contributed by atoms with van der Waals surface area (Å²) >= 11 is 0. The van der Waals surface area contributed by atoms with Gasteiger partial charge in [0.2, 0.25) is 5.91 Å². The van der Waals surface area contributed by atoms with Crippen molar-refractivity contribution in [1.29, 1.82) is 0 Å². The Bertz CT molecular complexity index is 260.